The van der Waals surface area contributed by atoms with Gasteiger partial charge in [0.05, 0.1) is 7.11 Å². The molecule has 0 bridgehead atoms. The predicted molar refractivity (Wildman–Crippen MR) is 79.9 cm³/mol. The highest BCUT2D eigenvalue weighted by Crippen LogP contribution is 2.20. The summed E-state index contributed by atoms with van der Waals surface area (Å²) in [7, 11) is 1.62. The molecule has 1 aromatic carbocycles. The minimum absolute atomic E-state index is 0.143. The van der Waals surface area contributed by atoms with Gasteiger partial charge in [-0.1, -0.05) is 13.0 Å². The summed E-state index contributed by atoms with van der Waals surface area (Å²) in [5.74, 6) is 1.59. The van der Waals surface area contributed by atoms with Gasteiger partial charge >= 0.3 is 0 Å². The molecule has 0 fully saturated rings. The highest BCUT2D eigenvalue weighted by molar-refractivity contribution is 6.28. The maximum Gasteiger partial charge on any atom is 0.233 e. The van der Waals surface area contributed by atoms with Crippen LogP contribution >= 0.6 is 11.6 Å². The summed E-state index contributed by atoms with van der Waals surface area (Å²) in [6.07, 6.45) is 0.974. The van der Waals surface area contributed by atoms with Crippen molar-refractivity contribution in [1.82, 2.24) is 15.0 Å². The molecule has 0 unspecified atom stereocenters. The van der Waals surface area contributed by atoms with E-state index < -0.39 is 0 Å². The Morgan fingerprint density at radius 3 is 2.75 bits per heavy atom. The molecule has 0 radical (unpaired) electrons. The van der Waals surface area contributed by atoms with Gasteiger partial charge in [0.25, 0.3) is 0 Å². The molecule has 6 nitrogen and oxygen atoms in total. The van der Waals surface area contributed by atoms with E-state index in [1.54, 1.807) is 7.11 Å². The first-order valence-electron chi connectivity index (χ1n) is 6.28. The van der Waals surface area contributed by atoms with Crippen molar-refractivity contribution >= 4 is 29.2 Å². The van der Waals surface area contributed by atoms with Gasteiger partial charge < -0.3 is 15.4 Å². The lowest BCUT2D eigenvalue weighted by Gasteiger charge is -2.08. The molecule has 0 spiro atoms. The van der Waals surface area contributed by atoms with Crippen molar-refractivity contribution < 1.29 is 4.74 Å². The molecule has 0 saturated carbocycles. The first kappa shape index (κ1) is 14.3. The van der Waals surface area contributed by atoms with Crippen LogP contribution in [0.25, 0.3) is 0 Å². The average Bonchev–Trinajstić information content (AvgIpc) is 2.44. The molecule has 0 amide bonds. The number of hydrogen-bond donors (Lipinski definition) is 2. The number of ether oxygens (including phenoxy) is 1. The highest BCUT2D eigenvalue weighted by Gasteiger charge is 2.05. The second kappa shape index (κ2) is 6.91. The Morgan fingerprint density at radius 1 is 1.20 bits per heavy atom. The third kappa shape index (κ3) is 3.96. The number of nitrogens with one attached hydrogen (secondary N) is 2. The van der Waals surface area contributed by atoms with Crippen molar-refractivity contribution in [2.24, 2.45) is 0 Å². The van der Waals surface area contributed by atoms with Crippen LogP contribution in [0.3, 0.4) is 0 Å². The molecule has 1 aromatic heterocycles. The normalized spacial score (nSPS) is 10.2. The molecular formula is C13H16ClN5O. The molecule has 0 saturated heterocycles. The van der Waals surface area contributed by atoms with Gasteiger partial charge in [-0.15, -0.1) is 0 Å². The van der Waals surface area contributed by atoms with Gasteiger partial charge in [0.15, 0.2) is 0 Å². The molecule has 2 rings (SSSR count). The third-order valence-corrected chi connectivity index (χ3v) is 2.64. The minimum atomic E-state index is 0.143. The molecule has 2 aromatic rings. The average molecular weight is 294 g/mol. The van der Waals surface area contributed by atoms with Crippen molar-refractivity contribution in [3.05, 3.63) is 29.5 Å². The highest BCUT2D eigenvalue weighted by atomic mass is 35.5. The maximum absolute atomic E-state index is 5.89. The first-order valence-corrected chi connectivity index (χ1v) is 6.65. The van der Waals surface area contributed by atoms with Gasteiger partial charge in [-0.3, -0.25) is 0 Å². The molecule has 0 atom stereocenters. The Hall–Kier alpha value is -2.08. The van der Waals surface area contributed by atoms with Crippen LogP contribution in [0.4, 0.5) is 17.6 Å². The SMILES string of the molecule is CCCNc1nc(Cl)nc(Nc2cccc(OC)c2)n1. The van der Waals surface area contributed by atoms with E-state index in [1.165, 1.54) is 0 Å². The van der Waals surface area contributed by atoms with E-state index in [0.29, 0.717) is 11.9 Å². The van der Waals surface area contributed by atoms with Gasteiger partial charge in [-0.05, 0) is 30.2 Å². The van der Waals surface area contributed by atoms with Crippen LogP contribution in [0.2, 0.25) is 5.28 Å². The summed E-state index contributed by atoms with van der Waals surface area (Å²) < 4.78 is 5.16. The van der Waals surface area contributed by atoms with Crippen LogP contribution in [0.1, 0.15) is 13.3 Å². The summed E-state index contributed by atoms with van der Waals surface area (Å²) >= 11 is 5.89. The van der Waals surface area contributed by atoms with E-state index in [1.807, 2.05) is 24.3 Å². The van der Waals surface area contributed by atoms with Crippen molar-refractivity contribution in [2.45, 2.75) is 13.3 Å². The first-order chi connectivity index (χ1) is 9.71. The lowest BCUT2D eigenvalue weighted by atomic mass is 10.3. The Bertz CT molecular complexity index is 578. The zero-order valence-electron chi connectivity index (χ0n) is 11.4. The zero-order chi connectivity index (χ0) is 14.4. The molecule has 0 aliphatic carbocycles. The smallest absolute Gasteiger partial charge is 0.233 e. The Labute approximate surface area is 122 Å². The van der Waals surface area contributed by atoms with Gasteiger partial charge in [-0.2, -0.15) is 15.0 Å². The number of hydrogen-bond acceptors (Lipinski definition) is 6. The summed E-state index contributed by atoms with van der Waals surface area (Å²) in [5, 5.41) is 6.28. The Kier molecular flexibility index (Phi) is 4.95. The van der Waals surface area contributed by atoms with Gasteiger partial charge in [-0.25, -0.2) is 0 Å². The topological polar surface area (TPSA) is 72.0 Å². The monoisotopic (exact) mass is 293 g/mol. The third-order valence-electron chi connectivity index (χ3n) is 2.47. The predicted octanol–water partition coefficient (Wildman–Crippen LogP) is 3.10. The van der Waals surface area contributed by atoms with Gasteiger partial charge in [0.2, 0.25) is 17.2 Å². The van der Waals surface area contributed by atoms with E-state index in [4.69, 9.17) is 16.3 Å². The minimum Gasteiger partial charge on any atom is -0.497 e. The fourth-order valence-electron chi connectivity index (χ4n) is 1.55. The summed E-state index contributed by atoms with van der Waals surface area (Å²) in [6.45, 7) is 2.84. The summed E-state index contributed by atoms with van der Waals surface area (Å²) in [4.78, 5) is 12.3. The van der Waals surface area contributed by atoms with E-state index >= 15 is 0 Å². The van der Waals surface area contributed by atoms with Crippen LogP contribution in [-0.4, -0.2) is 28.6 Å². The van der Waals surface area contributed by atoms with E-state index in [0.717, 1.165) is 24.4 Å². The molecule has 7 heteroatoms. The van der Waals surface area contributed by atoms with E-state index in [2.05, 4.69) is 32.5 Å². The van der Waals surface area contributed by atoms with Gasteiger partial charge in [0, 0.05) is 18.3 Å². The standard InChI is InChI=1S/C13H16ClN5O/c1-3-7-15-12-17-11(14)18-13(19-12)16-9-5-4-6-10(8-9)20-2/h4-6,8H,3,7H2,1-2H3,(H2,15,16,17,18,19). The Balaban J connectivity index is 2.17. The number of methoxy groups -OCH3 is 1. The van der Waals surface area contributed by atoms with E-state index in [9.17, 15) is 0 Å². The van der Waals surface area contributed by atoms with Crippen LogP contribution in [0.5, 0.6) is 5.75 Å². The Morgan fingerprint density at radius 2 is 2.00 bits per heavy atom. The number of rotatable bonds is 6. The summed E-state index contributed by atoms with van der Waals surface area (Å²) in [5.41, 5.74) is 0.813. The van der Waals surface area contributed by atoms with Crippen LogP contribution in [0, 0.1) is 0 Å². The molecule has 0 aliphatic heterocycles. The number of nitrogens with zero attached hydrogens (tertiary/aromatic N) is 3. The number of aromatic nitrogens is 3. The number of halogens is 1. The van der Waals surface area contributed by atoms with Crippen molar-refractivity contribution in [3.8, 4) is 5.75 Å². The largest absolute Gasteiger partial charge is 0.497 e. The molecular weight excluding hydrogens is 278 g/mol. The van der Waals surface area contributed by atoms with Crippen molar-refractivity contribution in [2.75, 3.05) is 24.3 Å². The second-order valence-electron chi connectivity index (χ2n) is 4.04. The fourth-order valence-corrected chi connectivity index (χ4v) is 1.71. The van der Waals surface area contributed by atoms with Crippen molar-refractivity contribution in [3.63, 3.8) is 0 Å². The molecule has 20 heavy (non-hydrogen) atoms. The number of anilines is 3. The molecule has 1 heterocycles. The maximum atomic E-state index is 5.89. The van der Waals surface area contributed by atoms with E-state index in [-0.39, 0.29) is 5.28 Å². The lowest BCUT2D eigenvalue weighted by Crippen LogP contribution is -2.07. The lowest BCUT2D eigenvalue weighted by molar-refractivity contribution is 0.415. The van der Waals surface area contributed by atoms with Gasteiger partial charge in [0.1, 0.15) is 5.75 Å². The molecule has 0 aliphatic rings. The second-order valence-corrected chi connectivity index (χ2v) is 4.37. The quantitative estimate of drug-likeness (QED) is 0.853. The number of benzene rings is 1. The van der Waals surface area contributed by atoms with Crippen LogP contribution in [-0.2, 0) is 0 Å². The fraction of sp³-hybridized carbons (Fsp3) is 0.308. The molecule has 106 valence electrons. The summed E-state index contributed by atoms with van der Waals surface area (Å²) in [6, 6.07) is 7.47. The van der Waals surface area contributed by atoms with Crippen LogP contribution in [0.15, 0.2) is 24.3 Å². The zero-order valence-corrected chi connectivity index (χ0v) is 12.1. The van der Waals surface area contributed by atoms with Crippen LogP contribution < -0.4 is 15.4 Å². The molecule has 2 N–H and O–H groups in total. The van der Waals surface area contributed by atoms with Crippen molar-refractivity contribution in [1.29, 1.82) is 0 Å².